The smallest absolute Gasteiger partial charge is 0.252 e. The number of hydrogen-bond donors (Lipinski definition) is 0. The van der Waals surface area contributed by atoms with Crippen LogP contribution in [0.2, 0.25) is 0 Å². The van der Waals surface area contributed by atoms with Gasteiger partial charge in [0.05, 0.1) is 0 Å². The third-order valence-electron chi connectivity index (χ3n) is 3.10. The summed E-state index contributed by atoms with van der Waals surface area (Å²) < 4.78 is 5.59. The minimum Gasteiger partial charge on any atom is -0.416 e. The van der Waals surface area contributed by atoms with E-state index in [4.69, 9.17) is 27.6 Å². The van der Waals surface area contributed by atoms with E-state index in [-0.39, 0.29) is 11.8 Å². The van der Waals surface area contributed by atoms with Crippen LogP contribution in [0.3, 0.4) is 0 Å². The van der Waals surface area contributed by atoms with Crippen molar-refractivity contribution in [1.82, 2.24) is 10.2 Å². The highest BCUT2D eigenvalue weighted by Gasteiger charge is 2.13. The molecule has 0 unspecified atom stereocenters. The molecule has 0 aliphatic rings. The molecule has 0 saturated carbocycles. The molecule has 114 valence electrons. The van der Waals surface area contributed by atoms with E-state index in [1.165, 1.54) is 0 Å². The number of rotatable bonds is 4. The molecule has 0 spiro atoms. The van der Waals surface area contributed by atoms with Gasteiger partial charge in [0, 0.05) is 22.3 Å². The van der Waals surface area contributed by atoms with Crippen molar-refractivity contribution < 1.29 is 14.0 Å². The molecule has 0 bridgehead atoms. The number of benzene rings is 2. The molecule has 1 heterocycles. The first-order valence-electron chi connectivity index (χ1n) is 6.48. The Hall–Kier alpha value is -2.50. The lowest BCUT2D eigenvalue weighted by molar-refractivity contribution is 0.107. The quantitative estimate of drug-likeness (QED) is 0.663. The number of halogens is 2. The Morgan fingerprint density at radius 2 is 1.22 bits per heavy atom. The molecule has 2 aromatic carbocycles. The lowest BCUT2D eigenvalue weighted by Gasteiger charge is -1.98. The van der Waals surface area contributed by atoms with Crippen LogP contribution < -0.4 is 0 Å². The van der Waals surface area contributed by atoms with E-state index < -0.39 is 10.5 Å². The fraction of sp³-hybridized carbons (Fsp3) is 0. The van der Waals surface area contributed by atoms with Crippen molar-refractivity contribution in [3.8, 4) is 22.9 Å². The largest absolute Gasteiger partial charge is 0.416 e. The van der Waals surface area contributed by atoms with Gasteiger partial charge in [0.1, 0.15) is 0 Å². The van der Waals surface area contributed by atoms with Crippen molar-refractivity contribution in [3.05, 3.63) is 59.7 Å². The second kappa shape index (κ2) is 6.32. The Kier molecular flexibility index (Phi) is 4.23. The van der Waals surface area contributed by atoms with Gasteiger partial charge < -0.3 is 4.42 Å². The van der Waals surface area contributed by atoms with E-state index in [2.05, 4.69) is 10.2 Å². The summed E-state index contributed by atoms with van der Waals surface area (Å²) in [5, 5.41) is 6.76. The number of carbonyl (C=O) groups excluding carboxylic acids is 2. The van der Waals surface area contributed by atoms with Gasteiger partial charge in [-0.15, -0.1) is 10.2 Å². The van der Waals surface area contributed by atoms with Gasteiger partial charge in [0.2, 0.25) is 11.8 Å². The van der Waals surface area contributed by atoms with Crippen molar-refractivity contribution in [3.63, 3.8) is 0 Å². The molecule has 0 aliphatic heterocycles. The Labute approximate surface area is 140 Å². The fourth-order valence-electron chi connectivity index (χ4n) is 2.01. The summed E-state index contributed by atoms with van der Waals surface area (Å²) in [7, 11) is 0. The van der Waals surface area contributed by atoms with Gasteiger partial charge in [-0.3, -0.25) is 9.59 Å². The zero-order valence-corrected chi connectivity index (χ0v) is 13.0. The minimum atomic E-state index is -0.570. The Morgan fingerprint density at radius 3 is 1.61 bits per heavy atom. The zero-order chi connectivity index (χ0) is 16.4. The fourth-order valence-corrected chi connectivity index (χ4v) is 2.24. The summed E-state index contributed by atoms with van der Waals surface area (Å²) in [6.45, 7) is 0. The summed E-state index contributed by atoms with van der Waals surface area (Å²) in [4.78, 5) is 22.4. The second-order valence-corrected chi connectivity index (χ2v) is 5.31. The molecule has 3 aromatic rings. The Balaban J connectivity index is 1.97. The van der Waals surface area contributed by atoms with Crippen LogP contribution in [0, 0.1) is 0 Å². The van der Waals surface area contributed by atoms with E-state index in [1.807, 2.05) is 0 Å². The van der Waals surface area contributed by atoms with Gasteiger partial charge in [-0.25, -0.2) is 0 Å². The van der Waals surface area contributed by atoms with Crippen LogP contribution in [0.15, 0.2) is 52.9 Å². The standard InChI is InChI=1S/C16H8Cl2N2O3/c17-13(21)9-3-1-5-11(7-9)15-19-20-16(23-15)12-6-2-4-10(8-12)14(18)22/h1-8H. The molecule has 0 radical (unpaired) electrons. The highest BCUT2D eigenvalue weighted by Crippen LogP contribution is 2.25. The van der Waals surface area contributed by atoms with E-state index >= 15 is 0 Å². The average Bonchev–Trinajstić information content (AvgIpc) is 3.05. The highest BCUT2D eigenvalue weighted by molar-refractivity contribution is 6.68. The van der Waals surface area contributed by atoms with Crippen molar-refractivity contribution in [2.75, 3.05) is 0 Å². The van der Waals surface area contributed by atoms with E-state index in [1.54, 1.807) is 48.5 Å². The molecule has 23 heavy (non-hydrogen) atoms. The first-order chi connectivity index (χ1) is 11.0. The molecular formula is C16H8Cl2N2O3. The molecule has 5 nitrogen and oxygen atoms in total. The molecule has 1 aromatic heterocycles. The maximum absolute atomic E-state index is 11.2. The number of hydrogen-bond acceptors (Lipinski definition) is 5. The van der Waals surface area contributed by atoms with Crippen molar-refractivity contribution >= 4 is 33.7 Å². The normalized spacial score (nSPS) is 10.5. The van der Waals surface area contributed by atoms with Crippen LogP contribution in [0.25, 0.3) is 22.9 Å². The minimum absolute atomic E-state index is 0.238. The van der Waals surface area contributed by atoms with E-state index in [0.29, 0.717) is 22.3 Å². The second-order valence-electron chi connectivity index (χ2n) is 4.62. The van der Waals surface area contributed by atoms with E-state index in [0.717, 1.165) is 0 Å². The van der Waals surface area contributed by atoms with Crippen LogP contribution in [0.4, 0.5) is 0 Å². The van der Waals surface area contributed by atoms with Gasteiger partial charge in [-0.2, -0.15) is 0 Å². The molecule has 0 aliphatic carbocycles. The summed E-state index contributed by atoms with van der Waals surface area (Å²) in [5.74, 6) is 0.477. The van der Waals surface area contributed by atoms with E-state index in [9.17, 15) is 9.59 Å². The monoisotopic (exact) mass is 346 g/mol. The molecule has 0 atom stereocenters. The Bertz CT molecular complexity index is 834. The third kappa shape index (κ3) is 3.31. The lowest BCUT2D eigenvalue weighted by atomic mass is 10.1. The summed E-state index contributed by atoms with van der Waals surface area (Å²) in [6, 6.07) is 13.1. The summed E-state index contributed by atoms with van der Waals surface area (Å²) in [6.07, 6.45) is 0. The molecule has 0 fully saturated rings. The van der Waals surface area contributed by atoms with Crippen LogP contribution in [-0.4, -0.2) is 20.7 Å². The van der Waals surface area contributed by atoms with Gasteiger partial charge in [0.15, 0.2) is 0 Å². The maximum atomic E-state index is 11.2. The molecule has 0 saturated heterocycles. The van der Waals surface area contributed by atoms with Crippen LogP contribution >= 0.6 is 23.2 Å². The number of carbonyl (C=O) groups is 2. The van der Waals surface area contributed by atoms with Gasteiger partial charge >= 0.3 is 0 Å². The molecule has 0 amide bonds. The third-order valence-corrected chi connectivity index (χ3v) is 3.53. The number of aromatic nitrogens is 2. The topological polar surface area (TPSA) is 73.1 Å². The van der Waals surface area contributed by atoms with Gasteiger partial charge in [0.25, 0.3) is 10.5 Å². The molecule has 7 heteroatoms. The lowest BCUT2D eigenvalue weighted by Crippen LogP contribution is -1.89. The van der Waals surface area contributed by atoms with Crippen LogP contribution in [-0.2, 0) is 0 Å². The predicted molar refractivity (Wildman–Crippen MR) is 85.5 cm³/mol. The first kappa shape index (κ1) is 15.4. The zero-order valence-electron chi connectivity index (χ0n) is 11.5. The van der Waals surface area contributed by atoms with Crippen molar-refractivity contribution in [2.45, 2.75) is 0 Å². The van der Waals surface area contributed by atoms with Gasteiger partial charge in [-0.05, 0) is 47.5 Å². The molecule has 3 rings (SSSR count). The van der Waals surface area contributed by atoms with Crippen molar-refractivity contribution in [1.29, 1.82) is 0 Å². The molecular weight excluding hydrogens is 339 g/mol. The summed E-state index contributed by atoms with van der Waals surface area (Å²) >= 11 is 10.9. The number of nitrogens with zero attached hydrogens (tertiary/aromatic N) is 2. The maximum Gasteiger partial charge on any atom is 0.252 e. The SMILES string of the molecule is O=C(Cl)c1cccc(-c2nnc(-c3cccc(C(=O)Cl)c3)o2)c1. The Morgan fingerprint density at radius 1 is 0.783 bits per heavy atom. The molecule has 0 N–H and O–H groups in total. The van der Waals surface area contributed by atoms with Crippen LogP contribution in [0.5, 0.6) is 0 Å². The predicted octanol–water partition coefficient (Wildman–Crippen LogP) is 4.16. The van der Waals surface area contributed by atoms with Gasteiger partial charge in [-0.1, -0.05) is 24.3 Å². The van der Waals surface area contributed by atoms with Crippen LogP contribution in [0.1, 0.15) is 20.7 Å². The summed E-state index contributed by atoms with van der Waals surface area (Å²) in [5.41, 5.74) is 1.80. The first-order valence-corrected chi connectivity index (χ1v) is 7.24. The highest BCUT2D eigenvalue weighted by atomic mass is 35.5. The van der Waals surface area contributed by atoms with Crippen molar-refractivity contribution in [2.24, 2.45) is 0 Å². The average molecular weight is 347 g/mol.